The third kappa shape index (κ3) is 6.28. The van der Waals surface area contributed by atoms with E-state index in [2.05, 4.69) is 30.8 Å². The van der Waals surface area contributed by atoms with Crippen LogP contribution in [0.15, 0.2) is 42.6 Å². The van der Waals surface area contributed by atoms with Crippen molar-refractivity contribution in [2.45, 2.75) is 33.2 Å². The Hall–Kier alpha value is -2.44. The number of fused-ring (bicyclic) bond motifs is 1. The largest absolute Gasteiger partial charge is 0.332 e. The van der Waals surface area contributed by atoms with Gasteiger partial charge in [-0.1, -0.05) is 43.6 Å². The van der Waals surface area contributed by atoms with Gasteiger partial charge in [-0.15, -0.1) is 0 Å². The van der Waals surface area contributed by atoms with E-state index in [0.717, 1.165) is 30.8 Å². The Morgan fingerprint density at radius 1 is 1.06 bits per heavy atom. The maximum atomic E-state index is 13.3. The number of benzene rings is 1. The summed E-state index contributed by atoms with van der Waals surface area (Å²) in [6.45, 7) is 7.38. The molecule has 0 radical (unpaired) electrons. The highest BCUT2D eigenvalue weighted by Gasteiger charge is 2.24. The van der Waals surface area contributed by atoms with Crippen molar-refractivity contribution in [2.75, 3.05) is 38.1 Å². The number of likely N-dealkylation sites (N-methyl/N-ethyl adjacent to an activating group) is 1. The topological polar surface area (TPSA) is 56.8 Å². The van der Waals surface area contributed by atoms with Gasteiger partial charge in [-0.2, -0.15) is 0 Å². The summed E-state index contributed by atoms with van der Waals surface area (Å²) < 4.78 is 0. The number of para-hydroxylation sites is 1. The molecule has 1 aliphatic rings. The molecule has 0 saturated heterocycles. The van der Waals surface area contributed by atoms with E-state index < -0.39 is 0 Å². The lowest BCUT2D eigenvalue weighted by Gasteiger charge is -2.28. The van der Waals surface area contributed by atoms with Gasteiger partial charge >= 0.3 is 0 Å². The second-order valence-electron chi connectivity index (χ2n) is 8.52. The molecule has 2 amide bonds. The molecule has 1 aromatic carbocycles. The minimum atomic E-state index is -0.140. The van der Waals surface area contributed by atoms with Crippen molar-refractivity contribution in [3.05, 3.63) is 58.9 Å². The van der Waals surface area contributed by atoms with Crippen LogP contribution in [0.25, 0.3) is 0 Å². The molecule has 0 fully saturated rings. The lowest BCUT2D eigenvalue weighted by atomic mass is 10.1. The van der Waals surface area contributed by atoms with Crippen molar-refractivity contribution in [1.29, 1.82) is 0 Å². The van der Waals surface area contributed by atoms with Gasteiger partial charge in [0, 0.05) is 44.5 Å². The molecule has 0 spiro atoms. The van der Waals surface area contributed by atoms with Crippen molar-refractivity contribution in [3.8, 4) is 0 Å². The number of anilines is 1. The molecule has 0 unspecified atom stereocenters. The third-order valence-corrected chi connectivity index (χ3v) is 5.66. The van der Waals surface area contributed by atoms with Gasteiger partial charge in [0.1, 0.15) is 5.69 Å². The van der Waals surface area contributed by atoms with Gasteiger partial charge in [0.2, 0.25) is 5.91 Å². The van der Waals surface area contributed by atoms with Gasteiger partial charge in [-0.05, 0) is 49.7 Å². The van der Waals surface area contributed by atoms with Crippen molar-refractivity contribution < 1.29 is 9.59 Å². The second kappa shape index (κ2) is 10.7. The average Bonchev–Trinajstić information content (AvgIpc) is 2.77. The van der Waals surface area contributed by atoms with Crippen LogP contribution in [-0.4, -0.2) is 59.8 Å². The van der Waals surface area contributed by atoms with Crippen LogP contribution in [0, 0.1) is 5.92 Å². The number of amides is 2. The van der Waals surface area contributed by atoms with Crippen LogP contribution in [0.2, 0.25) is 5.02 Å². The van der Waals surface area contributed by atoms with Gasteiger partial charge in [0.05, 0.1) is 5.02 Å². The van der Waals surface area contributed by atoms with Gasteiger partial charge in [0.15, 0.2) is 0 Å². The summed E-state index contributed by atoms with van der Waals surface area (Å²) in [4.78, 5) is 36.5. The highest BCUT2D eigenvalue weighted by molar-refractivity contribution is 6.30. The Kier molecular flexibility index (Phi) is 8.04. The zero-order valence-corrected chi connectivity index (χ0v) is 19.3. The summed E-state index contributed by atoms with van der Waals surface area (Å²) in [5, 5.41) is 0.498. The molecule has 2 aromatic rings. The lowest BCUT2D eigenvalue weighted by molar-refractivity contribution is -0.119. The number of pyridine rings is 1. The summed E-state index contributed by atoms with van der Waals surface area (Å²) in [7, 11) is 2.05. The number of hydrogen-bond acceptors (Lipinski definition) is 4. The van der Waals surface area contributed by atoms with Crippen LogP contribution < -0.4 is 4.90 Å². The van der Waals surface area contributed by atoms with Crippen LogP contribution in [0.1, 0.15) is 42.7 Å². The molecular formula is C24H31ClN4O2. The van der Waals surface area contributed by atoms with Crippen molar-refractivity contribution in [1.82, 2.24) is 14.8 Å². The van der Waals surface area contributed by atoms with E-state index in [0.29, 0.717) is 36.8 Å². The van der Waals surface area contributed by atoms with E-state index in [4.69, 9.17) is 11.6 Å². The minimum Gasteiger partial charge on any atom is -0.332 e. The molecule has 2 heterocycles. The molecule has 166 valence electrons. The predicted molar refractivity (Wildman–Crippen MR) is 124 cm³/mol. The standard InChI is InChI=1S/C24H31ClN4O2/c1-18(2)15-23(30)29-12-6-11-27(3)13-14-28(17-19-7-4-5-8-22(19)29)24(31)21-10-9-20(25)16-26-21/h4-5,7-10,16,18H,6,11-15,17H2,1-3H3. The first-order valence-electron chi connectivity index (χ1n) is 10.8. The molecule has 7 heteroatoms. The van der Waals surface area contributed by atoms with Crippen LogP contribution in [0.3, 0.4) is 0 Å². The smallest absolute Gasteiger partial charge is 0.272 e. The second-order valence-corrected chi connectivity index (χ2v) is 8.95. The first-order valence-corrected chi connectivity index (χ1v) is 11.2. The fraction of sp³-hybridized carbons (Fsp3) is 0.458. The Morgan fingerprint density at radius 2 is 1.84 bits per heavy atom. The Labute approximate surface area is 189 Å². The van der Waals surface area contributed by atoms with Crippen molar-refractivity contribution in [3.63, 3.8) is 0 Å². The highest BCUT2D eigenvalue weighted by Crippen LogP contribution is 2.25. The molecule has 0 saturated carbocycles. The molecule has 6 nitrogen and oxygen atoms in total. The Bertz CT molecular complexity index is 901. The molecular weight excluding hydrogens is 412 g/mol. The summed E-state index contributed by atoms with van der Waals surface area (Å²) in [6.07, 6.45) is 2.87. The number of nitrogens with zero attached hydrogens (tertiary/aromatic N) is 4. The van der Waals surface area contributed by atoms with Crippen LogP contribution in [0.5, 0.6) is 0 Å². The number of carbonyl (C=O) groups is 2. The molecule has 3 rings (SSSR count). The summed E-state index contributed by atoms with van der Waals surface area (Å²) in [5.74, 6) is 0.273. The van der Waals surface area contributed by atoms with Crippen molar-refractivity contribution in [2.24, 2.45) is 5.92 Å². The molecule has 1 aliphatic heterocycles. The first-order chi connectivity index (χ1) is 14.8. The van der Waals surface area contributed by atoms with Gasteiger partial charge in [-0.25, -0.2) is 4.98 Å². The van der Waals surface area contributed by atoms with E-state index in [1.54, 1.807) is 12.1 Å². The summed E-state index contributed by atoms with van der Waals surface area (Å²) >= 11 is 5.94. The van der Waals surface area contributed by atoms with Gasteiger partial charge in [-0.3, -0.25) is 9.59 Å². The normalized spacial score (nSPS) is 16.0. The maximum absolute atomic E-state index is 13.3. The number of halogens is 1. The molecule has 31 heavy (non-hydrogen) atoms. The van der Waals surface area contributed by atoms with Crippen LogP contribution in [0.4, 0.5) is 5.69 Å². The Morgan fingerprint density at radius 3 is 2.55 bits per heavy atom. The van der Waals surface area contributed by atoms with E-state index in [1.165, 1.54) is 6.20 Å². The quantitative estimate of drug-likeness (QED) is 0.718. The SMILES string of the molecule is CC(C)CC(=O)N1CCCN(C)CCN(C(=O)c2ccc(Cl)cn2)Cc2ccccc21. The molecule has 0 bridgehead atoms. The lowest BCUT2D eigenvalue weighted by Crippen LogP contribution is -2.37. The van der Waals surface area contributed by atoms with Gasteiger partial charge in [0.25, 0.3) is 5.91 Å². The predicted octanol–water partition coefficient (Wildman–Crippen LogP) is 4.09. The number of hydrogen-bond donors (Lipinski definition) is 0. The van der Waals surface area contributed by atoms with E-state index in [-0.39, 0.29) is 17.7 Å². The van der Waals surface area contributed by atoms with E-state index in [9.17, 15) is 9.59 Å². The van der Waals surface area contributed by atoms with Crippen molar-refractivity contribution >= 4 is 29.1 Å². The minimum absolute atomic E-state index is 0.126. The third-order valence-electron chi connectivity index (χ3n) is 5.43. The average molecular weight is 443 g/mol. The molecule has 0 atom stereocenters. The molecule has 0 N–H and O–H groups in total. The number of carbonyl (C=O) groups excluding carboxylic acids is 2. The monoisotopic (exact) mass is 442 g/mol. The molecule has 0 aliphatic carbocycles. The zero-order chi connectivity index (χ0) is 22.4. The fourth-order valence-electron chi connectivity index (χ4n) is 3.77. The zero-order valence-electron chi connectivity index (χ0n) is 18.6. The van der Waals surface area contributed by atoms with E-state index in [1.807, 2.05) is 34.1 Å². The number of rotatable bonds is 3. The number of aromatic nitrogens is 1. The maximum Gasteiger partial charge on any atom is 0.272 e. The van der Waals surface area contributed by atoms with E-state index >= 15 is 0 Å². The summed E-state index contributed by atoms with van der Waals surface area (Å²) in [5.41, 5.74) is 2.22. The van der Waals surface area contributed by atoms with Crippen LogP contribution in [-0.2, 0) is 11.3 Å². The highest BCUT2D eigenvalue weighted by atomic mass is 35.5. The Balaban J connectivity index is 1.95. The van der Waals surface area contributed by atoms with Gasteiger partial charge < -0.3 is 14.7 Å². The molecule has 1 aromatic heterocycles. The van der Waals surface area contributed by atoms with Crippen LogP contribution >= 0.6 is 11.6 Å². The summed E-state index contributed by atoms with van der Waals surface area (Å²) in [6, 6.07) is 11.2. The fourth-order valence-corrected chi connectivity index (χ4v) is 3.88. The first kappa shape index (κ1) is 23.2.